The third-order valence-corrected chi connectivity index (χ3v) is 3.95. The quantitative estimate of drug-likeness (QED) is 0.626. The fraction of sp³-hybridized carbons (Fsp3) is 0.500. The minimum absolute atomic E-state index is 0.108. The normalized spacial score (nSPS) is 30.8. The van der Waals surface area contributed by atoms with Gasteiger partial charge in [-0.1, -0.05) is 0 Å². The maximum atomic E-state index is 11.7. The Bertz CT molecular complexity index is 430. The lowest BCUT2D eigenvalue weighted by molar-refractivity contribution is -0.920. The highest BCUT2D eigenvalue weighted by Crippen LogP contribution is 2.21. The number of carbonyl (C=O) groups excluding carboxylic acids is 1. The number of quaternary nitrogens is 1. The Labute approximate surface area is 106 Å². The van der Waals surface area contributed by atoms with E-state index in [9.17, 15) is 4.79 Å². The lowest BCUT2D eigenvalue weighted by atomic mass is 9.86. The van der Waals surface area contributed by atoms with Crippen molar-refractivity contribution in [2.45, 2.75) is 18.9 Å². The first kappa shape index (κ1) is 11.5. The largest absolute Gasteiger partial charge is 0.465 e. The molecule has 0 saturated carbocycles. The van der Waals surface area contributed by atoms with Crippen LogP contribution in [0, 0.1) is 5.92 Å². The molecule has 0 amide bonds. The minimum Gasteiger partial charge on any atom is -0.465 e. The van der Waals surface area contributed by atoms with Crippen LogP contribution in [0.4, 0.5) is 0 Å². The van der Waals surface area contributed by atoms with Crippen LogP contribution in [0.1, 0.15) is 18.6 Å². The molecule has 1 aromatic rings. The number of fused-ring (bicyclic) bond motifs is 3. The van der Waals surface area contributed by atoms with E-state index >= 15 is 0 Å². The molecule has 4 rings (SSSR count). The van der Waals surface area contributed by atoms with Crippen LogP contribution in [0.3, 0.4) is 0 Å². The van der Waals surface area contributed by atoms with Crippen LogP contribution in [-0.2, 0) is 9.53 Å². The number of hydrogen-bond donors (Lipinski definition) is 1. The minimum atomic E-state index is -0.260. The van der Waals surface area contributed by atoms with Crippen molar-refractivity contribution in [3.63, 3.8) is 0 Å². The molecule has 4 heterocycles. The number of hydrogen-bond acceptors (Lipinski definition) is 3. The lowest BCUT2D eigenvalue weighted by Gasteiger charge is -2.40. The average molecular weight is 248 g/mol. The van der Waals surface area contributed by atoms with Crippen LogP contribution in [0.15, 0.2) is 28.9 Å². The fourth-order valence-corrected chi connectivity index (χ4v) is 2.94. The van der Waals surface area contributed by atoms with E-state index in [1.54, 1.807) is 23.3 Å². The molecule has 2 bridgehead atoms. The second-order valence-electron chi connectivity index (χ2n) is 5.12. The molecular weight excluding hydrogens is 230 g/mol. The molecule has 3 aliphatic rings. The summed E-state index contributed by atoms with van der Waals surface area (Å²) in [7, 11) is 0. The van der Waals surface area contributed by atoms with E-state index in [0.717, 1.165) is 6.54 Å². The fourth-order valence-electron chi connectivity index (χ4n) is 2.94. The van der Waals surface area contributed by atoms with Crippen LogP contribution in [0.25, 0.3) is 6.08 Å². The van der Waals surface area contributed by atoms with Crippen molar-refractivity contribution in [2.24, 2.45) is 5.92 Å². The molecule has 0 radical (unpaired) electrons. The molecule has 1 unspecified atom stereocenters. The first-order valence-corrected chi connectivity index (χ1v) is 6.57. The van der Waals surface area contributed by atoms with E-state index in [4.69, 9.17) is 9.15 Å². The summed E-state index contributed by atoms with van der Waals surface area (Å²) in [5.41, 5.74) is 0. The van der Waals surface area contributed by atoms with Crippen LogP contribution in [0.5, 0.6) is 0 Å². The van der Waals surface area contributed by atoms with Gasteiger partial charge in [-0.25, -0.2) is 4.79 Å². The van der Waals surface area contributed by atoms with Gasteiger partial charge in [0.05, 0.1) is 19.4 Å². The maximum Gasteiger partial charge on any atom is 0.331 e. The number of ether oxygens (including phenoxy) is 1. The van der Waals surface area contributed by atoms with Crippen LogP contribution < -0.4 is 4.90 Å². The smallest absolute Gasteiger partial charge is 0.331 e. The van der Waals surface area contributed by atoms with Gasteiger partial charge in [0.15, 0.2) is 6.10 Å². The SMILES string of the molecule is O=C(/C=C/c1ccco1)OC1C[NH+]2CCC1CC2. The van der Waals surface area contributed by atoms with Gasteiger partial charge in [0.25, 0.3) is 0 Å². The topological polar surface area (TPSA) is 43.9 Å². The van der Waals surface area contributed by atoms with Crippen molar-refractivity contribution >= 4 is 12.0 Å². The number of esters is 1. The van der Waals surface area contributed by atoms with E-state index in [1.807, 2.05) is 6.07 Å². The standard InChI is InChI=1S/C14H17NO3/c16-14(4-3-12-2-1-9-17-12)18-13-10-15-7-5-11(13)6-8-15/h1-4,9,11,13H,5-8,10H2/p+1/b4-3+. The summed E-state index contributed by atoms with van der Waals surface area (Å²) in [4.78, 5) is 13.3. The highest BCUT2D eigenvalue weighted by Gasteiger charge is 2.39. The van der Waals surface area contributed by atoms with Gasteiger partial charge >= 0.3 is 5.97 Å². The summed E-state index contributed by atoms with van der Waals surface area (Å²) < 4.78 is 10.7. The van der Waals surface area contributed by atoms with Crippen molar-refractivity contribution in [1.82, 2.24) is 0 Å². The Balaban J connectivity index is 1.55. The summed E-state index contributed by atoms with van der Waals surface area (Å²) in [5.74, 6) is 0.986. The van der Waals surface area contributed by atoms with Gasteiger partial charge in [0.1, 0.15) is 12.3 Å². The Morgan fingerprint density at radius 3 is 2.89 bits per heavy atom. The third kappa shape index (κ3) is 2.48. The Morgan fingerprint density at radius 1 is 1.44 bits per heavy atom. The summed E-state index contributed by atoms with van der Waals surface area (Å²) in [6.45, 7) is 3.45. The van der Waals surface area contributed by atoms with E-state index in [0.29, 0.717) is 11.7 Å². The molecule has 3 saturated heterocycles. The van der Waals surface area contributed by atoms with E-state index < -0.39 is 0 Å². The summed E-state index contributed by atoms with van der Waals surface area (Å²) in [5, 5.41) is 0. The second kappa shape index (κ2) is 4.98. The molecule has 96 valence electrons. The van der Waals surface area contributed by atoms with Gasteiger partial charge in [0.2, 0.25) is 0 Å². The molecule has 1 aromatic heterocycles. The van der Waals surface area contributed by atoms with Gasteiger partial charge in [-0.05, 0) is 18.2 Å². The van der Waals surface area contributed by atoms with E-state index in [2.05, 4.69) is 0 Å². The molecule has 1 N–H and O–H groups in total. The van der Waals surface area contributed by atoms with Crippen molar-refractivity contribution < 1.29 is 18.8 Å². The molecule has 0 aromatic carbocycles. The zero-order valence-electron chi connectivity index (χ0n) is 10.3. The van der Waals surface area contributed by atoms with Gasteiger partial charge in [0, 0.05) is 24.8 Å². The number of carbonyl (C=O) groups is 1. The van der Waals surface area contributed by atoms with Crippen molar-refractivity contribution in [3.05, 3.63) is 30.2 Å². The molecule has 4 nitrogen and oxygen atoms in total. The third-order valence-electron chi connectivity index (χ3n) is 3.95. The van der Waals surface area contributed by atoms with Gasteiger partial charge in [-0.15, -0.1) is 0 Å². The molecule has 3 aliphatic heterocycles. The monoisotopic (exact) mass is 248 g/mol. The number of nitrogens with one attached hydrogen (secondary N) is 1. The summed E-state index contributed by atoms with van der Waals surface area (Å²) >= 11 is 0. The maximum absolute atomic E-state index is 11.7. The number of piperidine rings is 3. The Morgan fingerprint density at radius 2 is 2.28 bits per heavy atom. The first-order valence-electron chi connectivity index (χ1n) is 6.57. The molecule has 0 spiro atoms. The van der Waals surface area contributed by atoms with Gasteiger partial charge in [-0.2, -0.15) is 0 Å². The second-order valence-corrected chi connectivity index (χ2v) is 5.12. The van der Waals surface area contributed by atoms with Crippen LogP contribution in [0.2, 0.25) is 0 Å². The number of rotatable bonds is 3. The molecular formula is C14H18NO3+. The molecule has 3 fully saturated rings. The highest BCUT2D eigenvalue weighted by atomic mass is 16.5. The summed E-state index contributed by atoms with van der Waals surface area (Å²) in [6, 6.07) is 3.60. The molecule has 0 aliphatic carbocycles. The van der Waals surface area contributed by atoms with Crippen molar-refractivity contribution in [3.8, 4) is 0 Å². The van der Waals surface area contributed by atoms with Crippen molar-refractivity contribution in [1.29, 1.82) is 0 Å². The predicted molar refractivity (Wildman–Crippen MR) is 65.9 cm³/mol. The van der Waals surface area contributed by atoms with Crippen LogP contribution >= 0.6 is 0 Å². The Kier molecular flexibility index (Phi) is 3.19. The van der Waals surface area contributed by atoms with E-state index in [1.165, 1.54) is 32.0 Å². The highest BCUT2D eigenvalue weighted by molar-refractivity contribution is 5.86. The number of furan rings is 1. The summed E-state index contributed by atoms with van der Waals surface area (Å²) in [6.07, 6.45) is 7.17. The molecule has 4 heteroatoms. The van der Waals surface area contributed by atoms with E-state index in [-0.39, 0.29) is 12.1 Å². The van der Waals surface area contributed by atoms with Gasteiger partial charge in [-0.3, -0.25) is 0 Å². The average Bonchev–Trinajstić information content (AvgIpc) is 2.91. The van der Waals surface area contributed by atoms with Gasteiger partial charge < -0.3 is 14.1 Å². The first-order chi connectivity index (χ1) is 8.81. The van der Waals surface area contributed by atoms with Crippen molar-refractivity contribution in [2.75, 3.05) is 19.6 Å². The zero-order valence-corrected chi connectivity index (χ0v) is 10.3. The predicted octanol–water partition coefficient (Wildman–Crippen LogP) is 0.513. The lowest BCUT2D eigenvalue weighted by Crippen LogP contribution is -3.16. The van der Waals surface area contributed by atoms with Crippen LogP contribution in [-0.4, -0.2) is 31.7 Å². The Hall–Kier alpha value is -1.55. The molecule has 18 heavy (non-hydrogen) atoms. The zero-order chi connectivity index (χ0) is 12.4. The molecule has 1 atom stereocenters.